The highest BCUT2D eigenvalue weighted by molar-refractivity contribution is 6.31. The van der Waals surface area contributed by atoms with Crippen molar-refractivity contribution in [3.8, 4) is 11.5 Å². The molecular formula is C12H15NO5. The van der Waals surface area contributed by atoms with Gasteiger partial charge in [0.05, 0.1) is 14.2 Å². The Hall–Kier alpha value is -2.24. The van der Waals surface area contributed by atoms with Crippen LogP contribution < -0.4 is 14.8 Å². The number of hydrogen-bond acceptors (Lipinski definition) is 4. The van der Waals surface area contributed by atoms with E-state index in [0.29, 0.717) is 17.9 Å². The van der Waals surface area contributed by atoms with Gasteiger partial charge in [0, 0.05) is 12.6 Å². The number of ether oxygens (including phenoxy) is 2. The summed E-state index contributed by atoms with van der Waals surface area (Å²) < 4.78 is 10.2. The molecule has 1 amide bonds. The molecule has 0 aliphatic carbocycles. The van der Waals surface area contributed by atoms with Gasteiger partial charge in [0.25, 0.3) is 0 Å². The Balaban J connectivity index is 2.62. The van der Waals surface area contributed by atoms with E-state index in [1.165, 1.54) is 7.11 Å². The number of rotatable bonds is 5. The van der Waals surface area contributed by atoms with E-state index < -0.39 is 11.9 Å². The van der Waals surface area contributed by atoms with E-state index >= 15 is 0 Å². The van der Waals surface area contributed by atoms with E-state index in [0.717, 1.165) is 5.56 Å². The molecule has 0 unspecified atom stereocenters. The lowest BCUT2D eigenvalue weighted by molar-refractivity contribution is -0.150. The molecule has 1 rings (SSSR count). The summed E-state index contributed by atoms with van der Waals surface area (Å²) in [5.41, 5.74) is 0.865. The minimum absolute atomic E-state index is 0.230. The summed E-state index contributed by atoms with van der Waals surface area (Å²) in [6, 6.07) is 5.32. The predicted octanol–water partition coefficient (Wildman–Crippen LogP) is 0.447. The van der Waals surface area contributed by atoms with Crippen LogP contribution in [0.1, 0.15) is 5.56 Å². The number of carbonyl (C=O) groups excluding carboxylic acids is 1. The highest BCUT2D eigenvalue weighted by Crippen LogP contribution is 2.24. The maximum atomic E-state index is 10.8. The van der Waals surface area contributed by atoms with Gasteiger partial charge in [-0.1, -0.05) is 6.07 Å². The highest BCUT2D eigenvalue weighted by Gasteiger charge is 2.10. The lowest BCUT2D eigenvalue weighted by Crippen LogP contribution is -2.32. The molecule has 1 aromatic carbocycles. The van der Waals surface area contributed by atoms with Crippen LogP contribution in [0.4, 0.5) is 0 Å². The number of carbonyl (C=O) groups is 2. The number of aliphatic carboxylic acids is 1. The molecule has 0 bridgehead atoms. The van der Waals surface area contributed by atoms with Crippen molar-refractivity contribution in [3.05, 3.63) is 23.8 Å². The maximum absolute atomic E-state index is 10.8. The minimum Gasteiger partial charge on any atom is -0.497 e. The summed E-state index contributed by atoms with van der Waals surface area (Å²) in [6.45, 7) is 0.230. The molecule has 0 heterocycles. The van der Waals surface area contributed by atoms with Crippen LogP contribution >= 0.6 is 0 Å². The van der Waals surface area contributed by atoms with Gasteiger partial charge in [-0.3, -0.25) is 4.79 Å². The zero-order chi connectivity index (χ0) is 13.5. The molecule has 2 N–H and O–H groups in total. The normalized spacial score (nSPS) is 9.67. The Kier molecular flexibility index (Phi) is 4.98. The van der Waals surface area contributed by atoms with Crippen LogP contribution in [0.3, 0.4) is 0 Å². The first-order valence-electron chi connectivity index (χ1n) is 5.30. The molecule has 0 saturated heterocycles. The van der Waals surface area contributed by atoms with Crippen molar-refractivity contribution in [1.29, 1.82) is 0 Å². The summed E-state index contributed by atoms with van der Waals surface area (Å²) in [4.78, 5) is 21.1. The van der Waals surface area contributed by atoms with Crippen molar-refractivity contribution in [3.63, 3.8) is 0 Å². The van der Waals surface area contributed by atoms with Crippen LogP contribution in [0.25, 0.3) is 0 Å². The van der Waals surface area contributed by atoms with Crippen molar-refractivity contribution in [2.75, 3.05) is 20.8 Å². The monoisotopic (exact) mass is 253 g/mol. The van der Waals surface area contributed by atoms with Crippen LogP contribution in [-0.2, 0) is 16.0 Å². The lowest BCUT2D eigenvalue weighted by atomic mass is 10.1. The van der Waals surface area contributed by atoms with Gasteiger partial charge < -0.3 is 19.9 Å². The van der Waals surface area contributed by atoms with E-state index in [2.05, 4.69) is 5.32 Å². The van der Waals surface area contributed by atoms with E-state index in [4.69, 9.17) is 14.6 Å². The maximum Gasteiger partial charge on any atom is 0.394 e. The van der Waals surface area contributed by atoms with Gasteiger partial charge in [0.1, 0.15) is 11.5 Å². The number of amides is 1. The van der Waals surface area contributed by atoms with Crippen LogP contribution in [-0.4, -0.2) is 37.7 Å². The topological polar surface area (TPSA) is 84.9 Å². The Labute approximate surface area is 105 Å². The van der Waals surface area contributed by atoms with Gasteiger partial charge in [-0.2, -0.15) is 0 Å². The summed E-state index contributed by atoms with van der Waals surface area (Å²) in [7, 11) is 3.09. The van der Waals surface area contributed by atoms with Crippen LogP contribution in [0.2, 0.25) is 0 Å². The van der Waals surface area contributed by atoms with E-state index in [1.807, 2.05) is 6.07 Å². The van der Waals surface area contributed by atoms with Gasteiger partial charge >= 0.3 is 11.9 Å². The number of nitrogens with one attached hydrogen (secondary N) is 1. The molecule has 0 aliphatic rings. The zero-order valence-corrected chi connectivity index (χ0v) is 10.2. The summed E-state index contributed by atoms with van der Waals surface area (Å²) >= 11 is 0. The van der Waals surface area contributed by atoms with Gasteiger partial charge in [-0.25, -0.2) is 4.79 Å². The van der Waals surface area contributed by atoms with Crippen molar-refractivity contribution >= 4 is 11.9 Å². The summed E-state index contributed by atoms with van der Waals surface area (Å²) in [5.74, 6) is -1.19. The van der Waals surface area contributed by atoms with Gasteiger partial charge in [0.15, 0.2) is 0 Å². The molecular weight excluding hydrogens is 238 g/mol. The SMILES string of the molecule is COc1ccc(CCNC(=O)C(=O)O)c(OC)c1. The fourth-order valence-corrected chi connectivity index (χ4v) is 1.44. The number of methoxy groups -OCH3 is 2. The van der Waals surface area contributed by atoms with Gasteiger partial charge in [-0.05, 0) is 18.1 Å². The van der Waals surface area contributed by atoms with E-state index in [1.54, 1.807) is 19.2 Å². The predicted molar refractivity (Wildman–Crippen MR) is 63.9 cm³/mol. The molecule has 0 spiro atoms. The molecule has 0 saturated carbocycles. The Morgan fingerprint density at radius 1 is 1.28 bits per heavy atom. The second kappa shape index (κ2) is 6.48. The number of benzene rings is 1. The summed E-state index contributed by atoms with van der Waals surface area (Å²) in [6.07, 6.45) is 0.478. The number of hydrogen-bond donors (Lipinski definition) is 2. The van der Waals surface area contributed by atoms with Crippen LogP contribution in [0.5, 0.6) is 11.5 Å². The summed E-state index contributed by atoms with van der Waals surface area (Å²) in [5, 5.41) is 10.7. The highest BCUT2D eigenvalue weighted by atomic mass is 16.5. The first-order valence-corrected chi connectivity index (χ1v) is 5.30. The van der Waals surface area contributed by atoms with E-state index in [9.17, 15) is 9.59 Å². The van der Waals surface area contributed by atoms with Crippen LogP contribution in [0.15, 0.2) is 18.2 Å². The second-order valence-corrected chi connectivity index (χ2v) is 3.49. The molecule has 0 atom stereocenters. The van der Waals surface area contributed by atoms with Gasteiger partial charge in [0.2, 0.25) is 0 Å². The fourth-order valence-electron chi connectivity index (χ4n) is 1.44. The quantitative estimate of drug-likeness (QED) is 0.744. The van der Waals surface area contributed by atoms with Crippen LogP contribution in [0, 0.1) is 0 Å². The molecule has 0 fully saturated rings. The Bertz CT molecular complexity index is 444. The molecule has 0 radical (unpaired) electrons. The molecule has 98 valence electrons. The molecule has 1 aromatic rings. The number of carboxylic acids is 1. The first-order chi connectivity index (χ1) is 8.58. The van der Waals surface area contributed by atoms with Crippen molar-refractivity contribution in [1.82, 2.24) is 5.32 Å². The largest absolute Gasteiger partial charge is 0.497 e. The Morgan fingerprint density at radius 3 is 2.56 bits per heavy atom. The molecule has 0 aliphatic heterocycles. The standard InChI is InChI=1S/C12H15NO5/c1-17-9-4-3-8(10(7-9)18-2)5-6-13-11(14)12(15)16/h3-4,7H,5-6H2,1-2H3,(H,13,14)(H,15,16). The molecule has 6 heteroatoms. The van der Waals surface area contributed by atoms with E-state index in [-0.39, 0.29) is 6.54 Å². The zero-order valence-electron chi connectivity index (χ0n) is 10.2. The fraction of sp³-hybridized carbons (Fsp3) is 0.333. The lowest BCUT2D eigenvalue weighted by Gasteiger charge is -2.10. The smallest absolute Gasteiger partial charge is 0.394 e. The Morgan fingerprint density at radius 2 is 2.00 bits per heavy atom. The molecule has 18 heavy (non-hydrogen) atoms. The average Bonchev–Trinajstić information content (AvgIpc) is 2.38. The minimum atomic E-state index is -1.49. The van der Waals surface area contributed by atoms with Gasteiger partial charge in [-0.15, -0.1) is 0 Å². The van der Waals surface area contributed by atoms with Crippen molar-refractivity contribution < 1.29 is 24.2 Å². The van der Waals surface area contributed by atoms with Crippen molar-refractivity contribution in [2.24, 2.45) is 0 Å². The third-order valence-corrected chi connectivity index (χ3v) is 2.37. The average molecular weight is 253 g/mol. The second-order valence-electron chi connectivity index (χ2n) is 3.49. The van der Waals surface area contributed by atoms with Crippen molar-refractivity contribution in [2.45, 2.75) is 6.42 Å². The first kappa shape index (κ1) is 13.8. The third kappa shape index (κ3) is 3.65. The third-order valence-electron chi connectivity index (χ3n) is 2.37. The molecule has 6 nitrogen and oxygen atoms in total. The molecule has 0 aromatic heterocycles. The number of carboxylic acid groups (broad SMARTS) is 1.